The summed E-state index contributed by atoms with van der Waals surface area (Å²) >= 11 is 12.2. The molecule has 26 heavy (non-hydrogen) atoms. The van der Waals surface area contributed by atoms with E-state index in [-0.39, 0.29) is 16.8 Å². The molecule has 2 aromatic heterocycles. The van der Waals surface area contributed by atoms with Gasteiger partial charge in [-0.2, -0.15) is 9.78 Å². The van der Waals surface area contributed by atoms with Crippen LogP contribution in [0.3, 0.4) is 0 Å². The number of hydrogen-bond donors (Lipinski definition) is 1. The van der Waals surface area contributed by atoms with E-state index in [4.69, 9.17) is 27.9 Å². The number of fused-ring (bicyclic) bond motifs is 2. The van der Waals surface area contributed by atoms with E-state index in [0.717, 1.165) is 0 Å². The summed E-state index contributed by atoms with van der Waals surface area (Å²) < 4.78 is 6.53. The number of methoxy groups -OCH3 is 1. The Hall–Kier alpha value is -3.01. The van der Waals surface area contributed by atoms with Crippen LogP contribution in [0, 0.1) is 11.3 Å². The van der Waals surface area contributed by atoms with Crippen molar-refractivity contribution >= 4 is 39.8 Å². The molecule has 0 unspecified atom stereocenters. The molecule has 0 aliphatic carbocycles. The molecule has 0 aliphatic rings. The molecule has 2 aromatic carbocycles. The number of hydrogen-bond acceptors (Lipinski definition) is 4. The van der Waals surface area contributed by atoms with Crippen molar-refractivity contribution in [1.29, 1.82) is 5.26 Å². The van der Waals surface area contributed by atoms with Crippen LogP contribution in [0.25, 0.3) is 27.8 Å². The Kier molecular flexibility index (Phi) is 3.83. The maximum Gasteiger partial charge on any atom is 0.280 e. The highest BCUT2D eigenvalue weighted by Crippen LogP contribution is 2.33. The number of aromatic nitrogens is 3. The van der Waals surface area contributed by atoms with Gasteiger partial charge in [0, 0.05) is 10.6 Å². The topological polar surface area (TPSA) is 83.2 Å². The number of halogens is 2. The first-order valence-electron chi connectivity index (χ1n) is 7.52. The zero-order valence-electron chi connectivity index (χ0n) is 13.4. The molecule has 0 saturated carbocycles. The number of nitrogens with zero attached hydrogens (tertiary/aromatic N) is 3. The van der Waals surface area contributed by atoms with Crippen molar-refractivity contribution < 1.29 is 4.74 Å². The minimum atomic E-state index is -0.336. The fraction of sp³-hybridized carbons (Fsp3) is 0.0556. The predicted molar refractivity (Wildman–Crippen MR) is 100 cm³/mol. The summed E-state index contributed by atoms with van der Waals surface area (Å²) in [6.45, 7) is 0. The van der Waals surface area contributed by atoms with Gasteiger partial charge >= 0.3 is 0 Å². The Bertz CT molecular complexity index is 1280. The van der Waals surface area contributed by atoms with Gasteiger partial charge in [0.2, 0.25) is 0 Å². The maximum absolute atomic E-state index is 12.9. The Morgan fingerprint density at radius 3 is 2.77 bits per heavy atom. The van der Waals surface area contributed by atoms with Gasteiger partial charge in [0.15, 0.2) is 5.65 Å². The average molecular weight is 385 g/mol. The van der Waals surface area contributed by atoms with Gasteiger partial charge in [-0.15, -0.1) is 0 Å². The molecule has 1 N–H and O–H groups in total. The maximum atomic E-state index is 12.9. The van der Waals surface area contributed by atoms with Crippen molar-refractivity contribution in [3.63, 3.8) is 0 Å². The second-order valence-corrected chi connectivity index (χ2v) is 6.37. The lowest BCUT2D eigenvalue weighted by molar-refractivity contribution is 0.419. The zero-order valence-corrected chi connectivity index (χ0v) is 14.9. The summed E-state index contributed by atoms with van der Waals surface area (Å²) in [5.41, 5.74) is 1.41. The number of benzene rings is 2. The molecule has 0 atom stereocenters. The second kappa shape index (κ2) is 6.06. The number of nitriles is 1. The molecule has 2 heterocycles. The SMILES string of the molecule is COc1cccc2c(=O)n3[nH]c(-c4ccc(Cl)cc4Cl)c(C#N)c3nc12. The molecule has 0 spiro atoms. The Labute approximate surface area is 157 Å². The summed E-state index contributed by atoms with van der Waals surface area (Å²) in [7, 11) is 1.50. The first-order valence-corrected chi connectivity index (χ1v) is 8.27. The van der Waals surface area contributed by atoms with Crippen LogP contribution in [0.5, 0.6) is 5.75 Å². The van der Waals surface area contributed by atoms with Crippen molar-refractivity contribution in [2.24, 2.45) is 0 Å². The van der Waals surface area contributed by atoms with E-state index in [1.54, 1.807) is 36.4 Å². The van der Waals surface area contributed by atoms with Gasteiger partial charge in [0.25, 0.3) is 5.56 Å². The van der Waals surface area contributed by atoms with Crippen LogP contribution in [0.1, 0.15) is 5.56 Å². The van der Waals surface area contributed by atoms with E-state index in [1.807, 2.05) is 0 Å². The van der Waals surface area contributed by atoms with E-state index in [0.29, 0.717) is 38.0 Å². The molecule has 0 bridgehead atoms. The third-order valence-electron chi connectivity index (χ3n) is 4.09. The average Bonchev–Trinajstić information content (AvgIpc) is 3.00. The lowest BCUT2D eigenvalue weighted by atomic mass is 10.1. The van der Waals surface area contributed by atoms with E-state index in [9.17, 15) is 10.1 Å². The molecular weight excluding hydrogens is 375 g/mol. The molecule has 0 fully saturated rings. The number of aromatic amines is 1. The van der Waals surface area contributed by atoms with Crippen LogP contribution in [-0.2, 0) is 0 Å². The summed E-state index contributed by atoms with van der Waals surface area (Å²) in [4.78, 5) is 17.4. The van der Waals surface area contributed by atoms with Crippen LogP contribution in [-0.4, -0.2) is 21.7 Å². The number of para-hydroxylation sites is 1. The Morgan fingerprint density at radius 1 is 1.27 bits per heavy atom. The largest absolute Gasteiger partial charge is 0.494 e. The highest BCUT2D eigenvalue weighted by Gasteiger charge is 2.20. The molecule has 128 valence electrons. The molecular formula is C18H10Cl2N4O2. The van der Waals surface area contributed by atoms with E-state index in [1.165, 1.54) is 11.6 Å². The third-order valence-corrected chi connectivity index (χ3v) is 4.64. The van der Waals surface area contributed by atoms with E-state index in [2.05, 4.69) is 16.2 Å². The summed E-state index contributed by atoms with van der Waals surface area (Å²) in [6.07, 6.45) is 0. The lowest BCUT2D eigenvalue weighted by Gasteiger charge is -2.04. The van der Waals surface area contributed by atoms with Crippen molar-refractivity contribution in [3.8, 4) is 23.1 Å². The normalized spacial score (nSPS) is 11.0. The van der Waals surface area contributed by atoms with Crippen molar-refractivity contribution in [2.45, 2.75) is 0 Å². The standard InChI is InChI=1S/C18H10Cl2N4O2/c1-26-14-4-2-3-11-16(14)22-17-12(8-21)15(23-24(17)18(11)25)10-6-5-9(19)7-13(10)20/h2-7,23H,1H3. The van der Waals surface area contributed by atoms with Crippen LogP contribution in [0.15, 0.2) is 41.2 Å². The highest BCUT2D eigenvalue weighted by molar-refractivity contribution is 6.36. The monoisotopic (exact) mass is 384 g/mol. The molecule has 0 aliphatic heterocycles. The molecule has 4 rings (SSSR count). The van der Waals surface area contributed by atoms with Crippen LogP contribution in [0.2, 0.25) is 10.0 Å². The fourth-order valence-electron chi connectivity index (χ4n) is 2.89. The molecule has 0 radical (unpaired) electrons. The Morgan fingerprint density at radius 2 is 2.08 bits per heavy atom. The molecule has 6 nitrogen and oxygen atoms in total. The highest BCUT2D eigenvalue weighted by atomic mass is 35.5. The summed E-state index contributed by atoms with van der Waals surface area (Å²) in [5, 5.41) is 13.8. The van der Waals surface area contributed by atoms with Crippen LogP contribution >= 0.6 is 23.2 Å². The third kappa shape index (κ3) is 2.33. The number of ether oxygens (including phenoxy) is 1. The van der Waals surface area contributed by atoms with E-state index < -0.39 is 0 Å². The molecule has 0 amide bonds. The fourth-order valence-corrected chi connectivity index (χ4v) is 3.39. The van der Waals surface area contributed by atoms with Gasteiger partial charge in [0.05, 0.1) is 23.2 Å². The first kappa shape index (κ1) is 16.5. The lowest BCUT2D eigenvalue weighted by Crippen LogP contribution is -2.15. The number of rotatable bonds is 2. The van der Waals surface area contributed by atoms with Gasteiger partial charge in [-0.3, -0.25) is 9.89 Å². The quantitative estimate of drug-likeness (QED) is 0.565. The van der Waals surface area contributed by atoms with Gasteiger partial charge in [0.1, 0.15) is 22.9 Å². The smallest absolute Gasteiger partial charge is 0.280 e. The second-order valence-electron chi connectivity index (χ2n) is 5.53. The number of H-pyrrole nitrogens is 1. The minimum absolute atomic E-state index is 0.204. The van der Waals surface area contributed by atoms with Crippen molar-refractivity contribution in [3.05, 3.63) is 62.4 Å². The summed E-state index contributed by atoms with van der Waals surface area (Å²) in [6, 6.07) is 12.1. The predicted octanol–water partition coefficient (Wildman–Crippen LogP) is 4.03. The van der Waals surface area contributed by atoms with Gasteiger partial charge in [-0.25, -0.2) is 4.98 Å². The molecule has 4 aromatic rings. The van der Waals surface area contributed by atoms with Gasteiger partial charge < -0.3 is 4.74 Å². The first-order chi connectivity index (χ1) is 12.5. The molecule has 8 heteroatoms. The van der Waals surface area contributed by atoms with Gasteiger partial charge in [-0.1, -0.05) is 29.3 Å². The zero-order chi connectivity index (χ0) is 18.4. The summed E-state index contributed by atoms with van der Waals surface area (Å²) in [5.74, 6) is 0.457. The van der Waals surface area contributed by atoms with Crippen molar-refractivity contribution in [1.82, 2.24) is 14.6 Å². The van der Waals surface area contributed by atoms with Gasteiger partial charge in [-0.05, 0) is 30.3 Å². The van der Waals surface area contributed by atoms with Crippen LogP contribution < -0.4 is 10.3 Å². The van der Waals surface area contributed by atoms with Crippen LogP contribution in [0.4, 0.5) is 0 Å². The van der Waals surface area contributed by atoms with E-state index >= 15 is 0 Å². The minimum Gasteiger partial charge on any atom is -0.494 e. The molecule has 0 saturated heterocycles. The number of nitrogens with one attached hydrogen (secondary N) is 1. The van der Waals surface area contributed by atoms with Crippen molar-refractivity contribution in [2.75, 3.05) is 7.11 Å². The Balaban J connectivity index is 2.15.